The van der Waals surface area contributed by atoms with Crippen molar-refractivity contribution in [2.75, 3.05) is 0 Å². The smallest absolute Gasteiger partial charge is 0.309 e. The first kappa shape index (κ1) is 28.0. The van der Waals surface area contributed by atoms with Crippen molar-refractivity contribution in [3.8, 4) is 0 Å². The first-order valence-electron chi connectivity index (χ1n) is 15.4. The largest absolute Gasteiger partial charge is 0.462 e. The van der Waals surface area contributed by atoms with Gasteiger partial charge in [0.05, 0.1) is 41.3 Å². The molecule has 0 radical (unpaired) electrons. The van der Waals surface area contributed by atoms with E-state index in [4.69, 9.17) is 23.7 Å². The lowest BCUT2D eigenvalue weighted by Crippen LogP contribution is -2.68. The highest BCUT2D eigenvalue weighted by Crippen LogP contribution is 2.73. The summed E-state index contributed by atoms with van der Waals surface area (Å²) < 4.78 is 31.4. The topological polar surface area (TPSA) is 138 Å². The summed E-state index contributed by atoms with van der Waals surface area (Å²) in [7, 11) is 0. The molecule has 7 rings (SSSR count). The summed E-state index contributed by atoms with van der Waals surface area (Å²) in [5.74, 6) is -2.22. The van der Waals surface area contributed by atoms with Crippen LogP contribution >= 0.6 is 0 Å². The molecule has 0 aromatic heterocycles. The number of esters is 3. The molecule has 7 aliphatic rings. The molecule has 228 valence electrons. The number of carbonyl (C=O) groups excluding carboxylic acids is 3. The fraction of sp³-hybridized carbons (Fsp3) is 0.903. The van der Waals surface area contributed by atoms with Gasteiger partial charge in [0.25, 0.3) is 0 Å². The minimum atomic E-state index is -1.42. The Morgan fingerprint density at radius 2 is 1.78 bits per heavy atom. The van der Waals surface area contributed by atoms with E-state index in [0.29, 0.717) is 25.7 Å². The van der Waals surface area contributed by atoms with Crippen LogP contribution in [0.2, 0.25) is 0 Å². The monoisotopic (exact) mass is 576 g/mol. The van der Waals surface area contributed by atoms with Crippen molar-refractivity contribution >= 4 is 17.9 Å². The number of carbonyl (C=O) groups is 3. The summed E-state index contributed by atoms with van der Waals surface area (Å²) in [6.45, 7) is 11.3. The van der Waals surface area contributed by atoms with E-state index in [2.05, 4.69) is 6.92 Å². The van der Waals surface area contributed by atoms with Crippen LogP contribution in [0.5, 0.6) is 0 Å². The lowest BCUT2D eigenvalue weighted by Gasteiger charge is -2.60. The Bertz CT molecular complexity index is 1190. The van der Waals surface area contributed by atoms with E-state index in [-0.39, 0.29) is 67.1 Å². The van der Waals surface area contributed by atoms with E-state index in [9.17, 15) is 24.6 Å². The third kappa shape index (κ3) is 3.42. The van der Waals surface area contributed by atoms with Crippen LogP contribution < -0.4 is 0 Å². The molecule has 0 amide bonds. The van der Waals surface area contributed by atoms with Crippen molar-refractivity contribution in [3.63, 3.8) is 0 Å². The number of fused-ring (bicyclic) bond motifs is 2. The second-order valence-corrected chi connectivity index (χ2v) is 15.1. The third-order valence-corrected chi connectivity index (χ3v) is 12.8. The van der Waals surface area contributed by atoms with Gasteiger partial charge in [0, 0.05) is 30.6 Å². The van der Waals surface area contributed by atoms with Gasteiger partial charge in [-0.2, -0.15) is 0 Å². The molecule has 7 fully saturated rings. The lowest BCUT2D eigenvalue weighted by atomic mass is 9.50. The highest BCUT2D eigenvalue weighted by atomic mass is 16.6. The second kappa shape index (κ2) is 8.45. The molecule has 4 heterocycles. The van der Waals surface area contributed by atoms with Crippen LogP contribution in [-0.4, -0.2) is 81.0 Å². The van der Waals surface area contributed by atoms with Crippen LogP contribution in [-0.2, 0) is 38.1 Å². The number of aliphatic hydroxyl groups is 2. The van der Waals surface area contributed by atoms with Crippen LogP contribution in [0, 0.1) is 35.0 Å². The number of hydrogen-bond acceptors (Lipinski definition) is 10. The van der Waals surface area contributed by atoms with Crippen LogP contribution in [0.4, 0.5) is 0 Å². The zero-order valence-electron chi connectivity index (χ0n) is 24.9. The Labute approximate surface area is 240 Å². The second-order valence-electron chi connectivity index (χ2n) is 15.1. The summed E-state index contributed by atoms with van der Waals surface area (Å²) >= 11 is 0. The molecule has 0 aromatic carbocycles. The van der Waals surface area contributed by atoms with Gasteiger partial charge in [-0.15, -0.1) is 0 Å². The molecule has 3 saturated carbocycles. The van der Waals surface area contributed by atoms with Crippen LogP contribution in [0.3, 0.4) is 0 Å². The van der Waals surface area contributed by atoms with Crippen molar-refractivity contribution < 1.29 is 48.3 Å². The Morgan fingerprint density at radius 3 is 2.44 bits per heavy atom. The summed E-state index contributed by atoms with van der Waals surface area (Å²) in [5, 5.41) is 24.9. The molecule has 4 aliphatic heterocycles. The molecule has 14 atom stereocenters. The van der Waals surface area contributed by atoms with Crippen LogP contribution in [0.25, 0.3) is 0 Å². The average molecular weight is 577 g/mol. The molecule has 0 aromatic rings. The Morgan fingerprint density at radius 1 is 1.05 bits per heavy atom. The Balaban J connectivity index is 1.33. The molecule has 10 nitrogen and oxygen atoms in total. The van der Waals surface area contributed by atoms with Gasteiger partial charge in [-0.25, -0.2) is 0 Å². The van der Waals surface area contributed by atoms with E-state index in [0.717, 1.165) is 0 Å². The predicted molar refractivity (Wildman–Crippen MR) is 141 cm³/mol. The van der Waals surface area contributed by atoms with E-state index in [1.54, 1.807) is 0 Å². The molecule has 2 spiro atoms. The van der Waals surface area contributed by atoms with E-state index < -0.39 is 58.0 Å². The van der Waals surface area contributed by atoms with E-state index >= 15 is 0 Å². The van der Waals surface area contributed by atoms with Crippen LogP contribution in [0.1, 0.15) is 86.5 Å². The standard InChI is InChI=1S/C31H44O10/c1-14-9-19(38-26(14)35)24-15(2)17-10-21(37-16(3)32)28(6)25-18(33)11-20-27(4,5)39-22-12-23(34)40-30(20,22)13-29(25,36)7-8-31(17,28)41-24/h14-15,17-22,24-25,33,36H,7-13H2,1-6H3/t14-,15+,17-,18-,19-,20+,21+,22-,24+,25+,28-,29+,30-,31+/m0/s1. The fourth-order valence-electron chi connectivity index (χ4n) is 11.3. The van der Waals surface area contributed by atoms with Gasteiger partial charge in [-0.05, 0) is 57.8 Å². The van der Waals surface area contributed by atoms with Gasteiger partial charge in [-0.3, -0.25) is 14.4 Å². The molecule has 0 bridgehead atoms. The average Bonchev–Trinajstić information content (AvgIpc) is 3.53. The number of hydrogen-bond donors (Lipinski definition) is 2. The number of ether oxygens (including phenoxy) is 5. The first-order chi connectivity index (χ1) is 19.1. The van der Waals surface area contributed by atoms with E-state index in [1.165, 1.54) is 6.92 Å². The number of rotatable bonds is 2. The zero-order valence-corrected chi connectivity index (χ0v) is 24.9. The predicted octanol–water partition coefficient (Wildman–Crippen LogP) is 2.44. The van der Waals surface area contributed by atoms with Crippen molar-refractivity contribution in [2.24, 2.45) is 35.0 Å². The van der Waals surface area contributed by atoms with Gasteiger partial charge < -0.3 is 33.9 Å². The van der Waals surface area contributed by atoms with Gasteiger partial charge in [-0.1, -0.05) is 20.8 Å². The van der Waals surface area contributed by atoms with Crippen molar-refractivity contribution in [1.82, 2.24) is 0 Å². The maximum Gasteiger partial charge on any atom is 0.309 e. The summed E-state index contributed by atoms with van der Waals surface area (Å²) in [5.41, 5.74) is -4.89. The van der Waals surface area contributed by atoms with Crippen molar-refractivity contribution in [1.29, 1.82) is 0 Å². The minimum absolute atomic E-state index is 0.0116. The SMILES string of the molecule is CC(=O)O[C@@H]1C[C@H]2[C@@H](C)[C@H]([C@@H]3C[C@H](C)C(=O)O3)O[C@]23CC[C@@]2(O)C[C@@]45OC(=O)C[C@@H]4OC(C)(C)[C@H]5C[C@H](O)[C@@H]2[C@]13C. The number of cyclic esters (lactones) is 1. The molecule has 0 unspecified atom stereocenters. The van der Waals surface area contributed by atoms with Crippen molar-refractivity contribution in [2.45, 2.75) is 139 Å². The highest BCUT2D eigenvalue weighted by molar-refractivity contribution is 5.74. The minimum Gasteiger partial charge on any atom is -0.462 e. The van der Waals surface area contributed by atoms with Gasteiger partial charge in [0.2, 0.25) is 0 Å². The third-order valence-electron chi connectivity index (χ3n) is 12.8. The van der Waals surface area contributed by atoms with E-state index in [1.807, 2.05) is 27.7 Å². The van der Waals surface area contributed by atoms with Crippen LogP contribution in [0.15, 0.2) is 0 Å². The van der Waals surface area contributed by atoms with Gasteiger partial charge >= 0.3 is 17.9 Å². The molecule has 41 heavy (non-hydrogen) atoms. The molecule has 2 N–H and O–H groups in total. The molecule has 4 saturated heterocycles. The molecular weight excluding hydrogens is 532 g/mol. The summed E-state index contributed by atoms with van der Waals surface area (Å²) in [6, 6.07) is 0. The Hall–Kier alpha value is -1.75. The van der Waals surface area contributed by atoms with Gasteiger partial charge in [0.15, 0.2) is 0 Å². The first-order valence-corrected chi connectivity index (χ1v) is 15.4. The van der Waals surface area contributed by atoms with Crippen molar-refractivity contribution in [3.05, 3.63) is 0 Å². The lowest BCUT2D eigenvalue weighted by molar-refractivity contribution is -0.271. The fourth-order valence-corrected chi connectivity index (χ4v) is 11.3. The highest BCUT2D eigenvalue weighted by Gasteiger charge is 2.81. The number of aliphatic hydroxyl groups excluding tert-OH is 1. The molecule has 10 heteroatoms. The maximum absolute atomic E-state index is 12.7. The molecular formula is C31H44O10. The molecule has 3 aliphatic carbocycles. The quantitative estimate of drug-likeness (QED) is 0.372. The van der Waals surface area contributed by atoms with Gasteiger partial charge in [0.1, 0.15) is 23.9 Å². The zero-order chi connectivity index (χ0) is 29.5. The summed E-state index contributed by atoms with van der Waals surface area (Å²) in [4.78, 5) is 37.4. The summed E-state index contributed by atoms with van der Waals surface area (Å²) in [6.07, 6.45) is -0.318. The Kier molecular flexibility index (Phi) is 5.78. The maximum atomic E-state index is 12.7. The normalized spacial score (nSPS) is 56.6.